The van der Waals surface area contributed by atoms with Crippen molar-refractivity contribution in [3.63, 3.8) is 0 Å². The number of hydrogen-bond acceptors (Lipinski definition) is 3. The maximum atomic E-state index is 5.71. The lowest BCUT2D eigenvalue weighted by Gasteiger charge is -2.20. The Kier molecular flexibility index (Phi) is 4.00. The van der Waals surface area contributed by atoms with Gasteiger partial charge < -0.3 is 5.43 Å². The number of nitrogen functional groups attached to an aromatic ring is 1. The minimum atomic E-state index is 0.00910. The van der Waals surface area contributed by atoms with Crippen LogP contribution in [-0.4, -0.2) is 4.98 Å². The summed E-state index contributed by atoms with van der Waals surface area (Å²) in [5, 5.41) is 1.10. The largest absolute Gasteiger partial charge is 0.323 e. The van der Waals surface area contributed by atoms with E-state index in [1.807, 2.05) is 0 Å². The van der Waals surface area contributed by atoms with Gasteiger partial charge in [0.05, 0.1) is 11.2 Å². The first kappa shape index (κ1) is 14.8. The highest BCUT2D eigenvalue weighted by atomic mass is 15.2. The molecule has 1 aromatic heterocycles. The number of anilines is 1. The molecule has 0 aliphatic carbocycles. The van der Waals surface area contributed by atoms with Crippen LogP contribution in [0.25, 0.3) is 10.9 Å². The van der Waals surface area contributed by atoms with Gasteiger partial charge in [-0.15, -0.1) is 0 Å². The number of fused-ring (bicyclic) bond motifs is 1. The van der Waals surface area contributed by atoms with Crippen molar-refractivity contribution in [2.45, 2.75) is 52.4 Å². The number of nitrogens with two attached hydrogens (primary N) is 1. The highest BCUT2D eigenvalue weighted by molar-refractivity contribution is 5.92. The maximum absolute atomic E-state index is 5.71. The molecular formula is C17H25N3. The molecule has 0 radical (unpaired) electrons. The van der Waals surface area contributed by atoms with Crippen molar-refractivity contribution in [2.75, 3.05) is 5.43 Å². The Labute approximate surface area is 121 Å². The fraction of sp³-hybridized carbons (Fsp3) is 0.471. The number of pyridine rings is 1. The summed E-state index contributed by atoms with van der Waals surface area (Å²) in [4.78, 5) is 4.79. The van der Waals surface area contributed by atoms with Crippen LogP contribution in [0.2, 0.25) is 0 Å². The smallest absolute Gasteiger partial charge is 0.0727 e. The van der Waals surface area contributed by atoms with Gasteiger partial charge in [-0.05, 0) is 36.1 Å². The van der Waals surface area contributed by atoms with E-state index in [2.05, 4.69) is 64.3 Å². The van der Waals surface area contributed by atoms with E-state index in [1.165, 1.54) is 5.56 Å². The van der Waals surface area contributed by atoms with Crippen LogP contribution in [0.3, 0.4) is 0 Å². The zero-order chi connectivity index (χ0) is 14.9. The molecule has 3 heteroatoms. The Morgan fingerprint density at radius 3 is 2.50 bits per heavy atom. The fourth-order valence-corrected chi connectivity index (χ4v) is 2.29. The van der Waals surface area contributed by atoms with Gasteiger partial charge in [0.1, 0.15) is 0 Å². The number of nitrogens with zero attached hydrogens (tertiary/aromatic N) is 1. The van der Waals surface area contributed by atoms with Crippen molar-refractivity contribution in [1.29, 1.82) is 0 Å². The fourth-order valence-electron chi connectivity index (χ4n) is 2.29. The lowest BCUT2D eigenvalue weighted by Crippen LogP contribution is -2.16. The number of benzene rings is 1. The van der Waals surface area contributed by atoms with Gasteiger partial charge in [-0.25, -0.2) is 0 Å². The zero-order valence-corrected chi connectivity index (χ0v) is 13.1. The predicted molar refractivity (Wildman–Crippen MR) is 87.0 cm³/mol. The van der Waals surface area contributed by atoms with Gasteiger partial charge in [-0.2, -0.15) is 0 Å². The molecule has 0 aliphatic rings. The molecule has 0 aliphatic heterocycles. The van der Waals surface area contributed by atoms with E-state index in [9.17, 15) is 0 Å². The van der Waals surface area contributed by atoms with Crippen molar-refractivity contribution in [3.8, 4) is 0 Å². The molecule has 20 heavy (non-hydrogen) atoms. The number of hydrazine groups is 1. The van der Waals surface area contributed by atoms with E-state index in [-0.39, 0.29) is 5.41 Å². The van der Waals surface area contributed by atoms with Crippen LogP contribution in [0.1, 0.15) is 58.2 Å². The maximum Gasteiger partial charge on any atom is 0.0727 e. The summed E-state index contributed by atoms with van der Waals surface area (Å²) in [7, 11) is 0. The highest BCUT2D eigenvalue weighted by Gasteiger charge is 2.18. The monoisotopic (exact) mass is 271 g/mol. The van der Waals surface area contributed by atoms with Gasteiger partial charge in [0.15, 0.2) is 0 Å². The van der Waals surface area contributed by atoms with Crippen molar-refractivity contribution in [1.82, 2.24) is 4.98 Å². The summed E-state index contributed by atoms with van der Waals surface area (Å²) < 4.78 is 0. The van der Waals surface area contributed by atoms with E-state index >= 15 is 0 Å². The first-order valence-corrected chi connectivity index (χ1v) is 7.28. The van der Waals surface area contributed by atoms with E-state index < -0.39 is 0 Å². The third kappa shape index (κ3) is 2.78. The van der Waals surface area contributed by atoms with Gasteiger partial charge in [0, 0.05) is 16.5 Å². The molecule has 1 atom stereocenters. The van der Waals surface area contributed by atoms with Crippen molar-refractivity contribution >= 4 is 16.6 Å². The lowest BCUT2D eigenvalue weighted by molar-refractivity contribution is 0.572. The summed E-state index contributed by atoms with van der Waals surface area (Å²) in [6.45, 7) is 10.9. The van der Waals surface area contributed by atoms with Crippen molar-refractivity contribution < 1.29 is 0 Å². The topological polar surface area (TPSA) is 50.9 Å². The van der Waals surface area contributed by atoms with Crippen LogP contribution in [0.5, 0.6) is 0 Å². The molecule has 0 saturated heterocycles. The number of nitrogens with one attached hydrogen (secondary N) is 1. The van der Waals surface area contributed by atoms with Crippen LogP contribution in [0.15, 0.2) is 24.3 Å². The van der Waals surface area contributed by atoms with E-state index in [0.29, 0.717) is 5.92 Å². The van der Waals surface area contributed by atoms with Gasteiger partial charge in [-0.3, -0.25) is 10.8 Å². The Balaban J connectivity index is 2.65. The summed E-state index contributed by atoms with van der Waals surface area (Å²) in [6, 6.07) is 8.55. The van der Waals surface area contributed by atoms with Crippen LogP contribution >= 0.6 is 0 Å². The third-order valence-corrected chi connectivity index (χ3v) is 3.94. The van der Waals surface area contributed by atoms with Crippen molar-refractivity contribution in [3.05, 3.63) is 35.5 Å². The highest BCUT2D eigenvalue weighted by Crippen LogP contribution is 2.31. The van der Waals surface area contributed by atoms with Crippen LogP contribution in [0, 0.1) is 0 Å². The number of rotatable bonds is 3. The molecule has 3 nitrogen and oxygen atoms in total. The number of hydrogen-bond donors (Lipinski definition) is 2. The van der Waals surface area contributed by atoms with Gasteiger partial charge in [0.25, 0.3) is 0 Å². The lowest BCUT2D eigenvalue weighted by atomic mass is 9.90. The second kappa shape index (κ2) is 5.41. The van der Waals surface area contributed by atoms with Gasteiger partial charge in [0.2, 0.25) is 0 Å². The van der Waals surface area contributed by atoms with E-state index in [4.69, 9.17) is 10.8 Å². The Morgan fingerprint density at radius 1 is 1.25 bits per heavy atom. The molecule has 1 unspecified atom stereocenters. The quantitative estimate of drug-likeness (QED) is 0.645. The van der Waals surface area contributed by atoms with E-state index in [0.717, 1.165) is 28.7 Å². The molecule has 1 heterocycles. The molecule has 2 rings (SSSR count). The van der Waals surface area contributed by atoms with Crippen LogP contribution < -0.4 is 11.3 Å². The molecule has 1 aromatic carbocycles. The second-order valence-corrected chi connectivity index (χ2v) is 6.54. The summed E-state index contributed by atoms with van der Waals surface area (Å²) in [5.74, 6) is 6.26. The second-order valence-electron chi connectivity index (χ2n) is 6.54. The molecule has 0 bridgehead atoms. The average molecular weight is 271 g/mol. The summed E-state index contributed by atoms with van der Waals surface area (Å²) >= 11 is 0. The number of aromatic nitrogens is 1. The Bertz CT molecular complexity index is 611. The predicted octanol–water partition coefficient (Wildman–Crippen LogP) is 4.33. The molecule has 3 N–H and O–H groups in total. The van der Waals surface area contributed by atoms with Gasteiger partial charge >= 0.3 is 0 Å². The molecule has 0 saturated carbocycles. The molecule has 0 fully saturated rings. The minimum Gasteiger partial charge on any atom is -0.323 e. The van der Waals surface area contributed by atoms with E-state index in [1.54, 1.807) is 0 Å². The molecule has 0 spiro atoms. The summed E-state index contributed by atoms with van der Waals surface area (Å²) in [5.41, 5.74) is 7.17. The molecule has 2 aromatic rings. The Hall–Kier alpha value is -1.61. The SMILES string of the molecule is CCC(C)c1ccc2nc(C(C)(C)C)cc(NN)c2c1. The van der Waals surface area contributed by atoms with Gasteiger partial charge in [-0.1, -0.05) is 40.7 Å². The zero-order valence-electron chi connectivity index (χ0n) is 13.1. The standard InChI is InChI=1S/C17H25N3/c1-6-11(2)12-7-8-14-13(9-12)15(20-18)10-16(19-14)17(3,4)5/h7-11H,6,18H2,1-5H3,(H,19,20). The van der Waals surface area contributed by atoms with Crippen molar-refractivity contribution in [2.24, 2.45) is 5.84 Å². The minimum absolute atomic E-state index is 0.00910. The third-order valence-electron chi connectivity index (χ3n) is 3.94. The first-order chi connectivity index (χ1) is 9.36. The normalized spacial score (nSPS) is 13.5. The Morgan fingerprint density at radius 2 is 1.95 bits per heavy atom. The van der Waals surface area contributed by atoms with Crippen LogP contribution in [-0.2, 0) is 5.41 Å². The molecular weight excluding hydrogens is 246 g/mol. The first-order valence-electron chi connectivity index (χ1n) is 7.28. The molecule has 0 amide bonds. The average Bonchev–Trinajstić information content (AvgIpc) is 2.43. The molecule has 108 valence electrons. The summed E-state index contributed by atoms with van der Waals surface area (Å²) in [6.07, 6.45) is 1.13. The van der Waals surface area contributed by atoms with Crippen LogP contribution in [0.4, 0.5) is 5.69 Å².